The van der Waals surface area contributed by atoms with E-state index >= 15 is 0 Å². The van der Waals surface area contributed by atoms with Crippen LogP contribution >= 0.6 is 12.4 Å². The van der Waals surface area contributed by atoms with Crippen LogP contribution in [0, 0.1) is 0 Å². The minimum Gasteiger partial charge on any atom is -0.326 e. The van der Waals surface area contributed by atoms with Crippen LogP contribution in [0.25, 0.3) is 0 Å². The molecule has 4 heteroatoms. The number of nitrogens with one attached hydrogen (secondary N) is 1. The average molecular weight is 199 g/mol. The molecule has 1 heterocycles. The molecule has 0 aromatic heterocycles. The fourth-order valence-electron chi connectivity index (χ4n) is 1.51. The molecular weight excluding hydrogens is 188 g/mol. The van der Waals surface area contributed by atoms with Gasteiger partial charge < -0.3 is 11.1 Å². The first-order chi connectivity index (χ1) is 5.81. The maximum absolute atomic E-state index is 11.0. The molecule has 13 heavy (non-hydrogen) atoms. The number of nitrogens with two attached hydrogens (primary N) is 1. The van der Waals surface area contributed by atoms with E-state index in [0.717, 1.165) is 16.8 Å². The molecule has 1 aliphatic heterocycles. The average Bonchev–Trinajstić information content (AvgIpc) is 2.44. The van der Waals surface area contributed by atoms with Gasteiger partial charge in [-0.3, -0.25) is 4.79 Å². The molecule has 1 aliphatic rings. The Hall–Kier alpha value is -1.06. The van der Waals surface area contributed by atoms with Crippen LogP contribution in [0.4, 0.5) is 5.69 Å². The van der Waals surface area contributed by atoms with Crippen molar-refractivity contribution in [2.45, 2.75) is 13.0 Å². The maximum atomic E-state index is 11.0. The second-order valence-corrected chi connectivity index (χ2v) is 2.87. The molecule has 0 fully saturated rings. The van der Waals surface area contributed by atoms with Crippen molar-refractivity contribution in [2.75, 3.05) is 5.32 Å². The number of rotatable bonds is 1. The normalized spacial score (nSPS) is 13.2. The molecule has 1 amide bonds. The number of anilines is 1. The summed E-state index contributed by atoms with van der Waals surface area (Å²) in [5.41, 5.74) is 8.57. The van der Waals surface area contributed by atoms with Gasteiger partial charge >= 0.3 is 0 Å². The van der Waals surface area contributed by atoms with E-state index in [9.17, 15) is 4.79 Å². The lowest BCUT2D eigenvalue weighted by Gasteiger charge is -2.02. The SMILES string of the molecule is Cl.NCc1cccc2c1CC(=O)N2. The molecule has 0 atom stereocenters. The van der Waals surface area contributed by atoms with E-state index in [4.69, 9.17) is 5.73 Å². The number of carbonyl (C=O) groups is 1. The minimum atomic E-state index is 0. The molecule has 0 aliphatic carbocycles. The maximum Gasteiger partial charge on any atom is 0.228 e. The van der Waals surface area contributed by atoms with Crippen LogP contribution in [-0.2, 0) is 17.8 Å². The first kappa shape index (κ1) is 10.0. The predicted octanol–water partition coefficient (Wildman–Crippen LogP) is 1.06. The summed E-state index contributed by atoms with van der Waals surface area (Å²) in [4.78, 5) is 11.0. The van der Waals surface area contributed by atoms with E-state index in [0.29, 0.717) is 13.0 Å². The number of carbonyl (C=O) groups excluding carboxylic acids is 1. The van der Waals surface area contributed by atoms with E-state index in [1.165, 1.54) is 0 Å². The van der Waals surface area contributed by atoms with Gasteiger partial charge in [0.15, 0.2) is 0 Å². The molecule has 0 bridgehead atoms. The third-order valence-corrected chi connectivity index (χ3v) is 2.10. The fraction of sp³-hybridized carbons (Fsp3) is 0.222. The highest BCUT2D eigenvalue weighted by atomic mass is 35.5. The molecular formula is C9H11ClN2O. The highest BCUT2D eigenvalue weighted by Gasteiger charge is 2.19. The summed E-state index contributed by atoms with van der Waals surface area (Å²) in [6.45, 7) is 0.498. The zero-order valence-electron chi connectivity index (χ0n) is 7.04. The van der Waals surface area contributed by atoms with Gasteiger partial charge in [0.2, 0.25) is 5.91 Å². The molecule has 3 nitrogen and oxygen atoms in total. The predicted molar refractivity (Wildman–Crippen MR) is 53.9 cm³/mol. The van der Waals surface area contributed by atoms with Crippen LogP contribution < -0.4 is 11.1 Å². The molecule has 70 valence electrons. The van der Waals surface area contributed by atoms with E-state index in [2.05, 4.69) is 5.32 Å². The zero-order valence-corrected chi connectivity index (χ0v) is 7.86. The number of hydrogen-bond acceptors (Lipinski definition) is 2. The Kier molecular flexibility index (Phi) is 2.90. The van der Waals surface area contributed by atoms with E-state index in [1.807, 2.05) is 18.2 Å². The first-order valence-corrected chi connectivity index (χ1v) is 3.92. The highest BCUT2D eigenvalue weighted by molar-refractivity contribution is 5.99. The van der Waals surface area contributed by atoms with Crippen LogP contribution in [0.15, 0.2) is 18.2 Å². The lowest BCUT2D eigenvalue weighted by molar-refractivity contribution is -0.115. The van der Waals surface area contributed by atoms with Crippen LogP contribution in [-0.4, -0.2) is 5.91 Å². The number of benzene rings is 1. The van der Waals surface area contributed by atoms with Crippen molar-refractivity contribution in [1.82, 2.24) is 0 Å². The smallest absolute Gasteiger partial charge is 0.228 e. The Morgan fingerprint density at radius 3 is 2.92 bits per heavy atom. The van der Waals surface area contributed by atoms with Crippen LogP contribution in [0.5, 0.6) is 0 Å². The third kappa shape index (κ3) is 1.66. The van der Waals surface area contributed by atoms with E-state index in [-0.39, 0.29) is 18.3 Å². The summed E-state index contributed by atoms with van der Waals surface area (Å²) in [5, 5.41) is 2.78. The highest BCUT2D eigenvalue weighted by Crippen LogP contribution is 2.25. The van der Waals surface area contributed by atoms with Gasteiger partial charge in [-0.15, -0.1) is 12.4 Å². The molecule has 0 radical (unpaired) electrons. The Morgan fingerprint density at radius 1 is 1.46 bits per heavy atom. The molecule has 0 spiro atoms. The zero-order chi connectivity index (χ0) is 8.55. The molecule has 1 aromatic carbocycles. The van der Waals surface area contributed by atoms with Gasteiger partial charge in [0.25, 0.3) is 0 Å². The van der Waals surface area contributed by atoms with Gasteiger partial charge in [-0.25, -0.2) is 0 Å². The Balaban J connectivity index is 0.000000845. The van der Waals surface area contributed by atoms with Gasteiger partial charge in [0.1, 0.15) is 0 Å². The van der Waals surface area contributed by atoms with E-state index in [1.54, 1.807) is 0 Å². The van der Waals surface area contributed by atoms with E-state index < -0.39 is 0 Å². The summed E-state index contributed by atoms with van der Waals surface area (Å²) in [6, 6.07) is 5.77. The van der Waals surface area contributed by atoms with Crippen LogP contribution in [0.2, 0.25) is 0 Å². The Bertz CT molecular complexity index is 338. The van der Waals surface area contributed by atoms with Crippen molar-refractivity contribution in [3.8, 4) is 0 Å². The first-order valence-electron chi connectivity index (χ1n) is 3.92. The summed E-state index contributed by atoms with van der Waals surface area (Å²) in [5.74, 6) is 0.0610. The Labute approximate surface area is 82.7 Å². The van der Waals surface area contributed by atoms with Crippen molar-refractivity contribution in [3.05, 3.63) is 29.3 Å². The number of hydrogen-bond donors (Lipinski definition) is 2. The number of halogens is 1. The summed E-state index contributed by atoms with van der Waals surface area (Å²) < 4.78 is 0. The van der Waals surface area contributed by atoms with Gasteiger partial charge in [0, 0.05) is 12.2 Å². The molecule has 0 unspecified atom stereocenters. The van der Waals surface area contributed by atoms with Crippen LogP contribution in [0.3, 0.4) is 0 Å². The van der Waals surface area contributed by atoms with Crippen molar-refractivity contribution in [3.63, 3.8) is 0 Å². The monoisotopic (exact) mass is 198 g/mol. The second kappa shape index (κ2) is 3.77. The number of amides is 1. The third-order valence-electron chi connectivity index (χ3n) is 2.10. The standard InChI is InChI=1S/C9H10N2O.ClH/c10-5-6-2-1-3-8-7(6)4-9(12)11-8;/h1-3H,4-5,10H2,(H,11,12);1H. The molecule has 1 aromatic rings. The van der Waals surface area contributed by atoms with Crippen LogP contribution in [0.1, 0.15) is 11.1 Å². The summed E-state index contributed by atoms with van der Waals surface area (Å²) in [6.07, 6.45) is 0.475. The molecule has 0 saturated heterocycles. The largest absolute Gasteiger partial charge is 0.326 e. The van der Waals surface area contributed by atoms with Crippen molar-refractivity contribution in [1.29, 1.82) is 0 Å². The fourth-order valence-corrected chi connectivity index (χ4v) is 1.51. The second-order valence-electron chi connectivity index (χ2n) is 2.87. The number of fused-ring (bicyclic) bond motifs is 1. The van der Waals surface area contributed by atoms with Crippen molar-refractivity contribution < 1.29 is 4.79 Å². The summed E-state index contributed by atoms with van der Waals surface area (Å²) >= 11 is 0. The van der Waals surface area contributed by atoms with Gasteiger partial charge in [-0.2, -0.15) is 0 Å². The van der Waals surface area contributed by atoms with Gasteiger partial charge in [-0.1, -0.05) is 12.1 Å². The minimum absolute atomic E-state index is 0. The van der Waals surface area contributed by atoms with Crippen molar-refractivity contribution in [2.24, 2.45) is 5.73 Å². The lowest BCUT2D eigenvalue weighted by Crippen LogP contribution is -2.04. The Morgan fingerprint density at radius 2 is 2.23 bits per heavy atom. The van der Waals surface area contributed by atoms with Gasteiger partial charge in [0.05, 0.1) is 6.42 Å². The molecule has 0 saturated carbocycles. The quantitative estimate of drug-likeness (QED) is 0.709. The molecule has 2 rings (SSSR count). The summed E-state index contributed by atoms with van der Waals surface area (Å²) in [7, 11) is 0. The van der Waals surface area contributed by atoms with Gasteiger partial charge in [-0.05, 0) is 17.2 Å². The molecule has 3 N–H and O–H groups in total. The topological polar surface area (TPSA) is 55.1 Å². The lowest BCUT2D eigenvalue weighted by atomic mass is 10.1. The van der Waals surface area contributed by atoms with Crippen molar-refractivity contribution >= 4 is 24.0 Å².